The molecule has 0 atom stereocenters. The number of aryl methyl sites for hydroxylation is 1. The number of benzene rings is 3. The first-order valence-corrected chi connectivity index (χ1v) is 11.9. The Hall–Kier alpha value is -3.58. The Morgan fingerprint density at radius 1 is 1.00 bits per heavy atom. The molecule has 0 radical (unpaired) electrons. The molecule has 0 fully saturated rings. The number of ether oxygens (including phenoxy) is 1. The van der Waals surface area contributed by atoms with Crippen LogP contribution in [0.2, 0.25) is 0 Å². The van der Waals surface area contributed by atoms with Crippen LogP contribution in [0.5, 0.6) is 5.75 Å². The van der Waals surface area contributed by atoms with E-state index in [4.69, 9.17) is 4.74 Å². The molecule has 7 heteroatoms. The lowest BCUT2D eigenvalue weighted by Gasteiger charge is -2.23. The lowest BCUT2D eigenvalue weighted by molar-refractivity contribution is 0.102. The van der Waals surface area contributed by atoms with Gasteiger partial charge in [0.15, 0.2) is 0 Å². The molecule has 0 aromatic heterocycles. The van der Waals surface area contributed by atoms with Crippen molar-refractivity contribution in [2.24, 2.45) is 0 Å². The zero-order chi connectivity index (χ0) is 23.1. The summed E-state index contributed by atoms with van der Waals surface area (Å²) in [6.07, 6.45) is 2.83. The fourth-order valence-electron chi connectivity index (χ4n) is 3.03. The van der Waals surface area contributed by atoms with Crippen molar-refractivity contribution in [1.29, 1.82) is 0 Å². The quantitative estimate of drug-likeness (QED) is 0.476. The van der Waals surface area contributed by atoms with Crippen molar-refractivity contribution in [3.05, 3.63) is 102 Å². The van der Waals surface area contributed by atoms with Gasteiger partial charge in [0.1, 0.15) is 12.4 Å². The Balaban J connectivity index is 1.72. The molecule has 0 aliphatic carbocycles. The van der Waals surface area contributed by atoms with Crippen LogP contribution >= 0.6 is 0 Å². The van der Waals surface area contributed by atoms with Crippen molar-refractivity contribution in [2.75, 3.05) is 22.5 Å². The fourth-order valence-corrected chi connectivity index (χ4v) is 3.92. The van der Waals surface area contributed by atoms with Gasteiger partial charge in [-0.3, -0.25) is 9.10 Å². The highest BCUT2D eigenvalue weighted by Crippen LogP contribution is 2.22. The fraction of sp³-hybridized carbons (Fsp3) is 0.160. The third kappa shape index (κ3) is 6.21. The standard InChI is InChI=1S/C25H26N2O4S/c1-4-17-31-24-15-11-22(12-16-24)26-25(28)21-9-13-23(14-10-21)27(32(3,29)30)18-20-7-5-19(2)6-8-20/h4-16H,1,17-18H2,2-3H3,(H,26,28). The van der Waals surface area contributed by atoms with Gasteiger partial charge in [0.05, 0.1) is 18.5 Å². The summed E-state index contributed by atoms with van der Waals surface area (Å²) in [5, 5.41) is 2.82. The van der Waals surface area contributed by atoms with E-state index in [9.17, 15) is 13.2 Å². The molecule has 0 aliphatic heterocycles. The van der Waals surface area contributed by atoms with Crippen LogP contribution in [0, 0.1) is 6.92 Å². The minimum atomic E-state index is -3.50. The number of hydrogen-bond donors (Lipinski definition) is 1. The highest BCUT2D eigenvalue weighted by Gasteiger charge is 2.18. The Labute approximate surface area is 189 Å². The summed E-state index contributed by atoms with van der Waals surface area (Å²) in [5.41, 5.74) is 3.53. The smallest absolute Gasteiger partial charge is 0.255 e. The van der Waals surface area contributed by atoms with Gasteiger partial charge in [-0.15, -0.1) is 0 Å². The highest BCUT2D eigenvalue weighted by atomic mass is 32.2. The topological polar surface area (TPSA) is 75.7 Å². The second-order valence-corrected chi connectivity index (χ2v) is 9.29. The van der Waals surface area contributed by atoms with E-state index in [0.717, 1.165) is 11.1 Å². The van der Waals surface area contributed by atoms with E-state index >= 15 is 0 Å². The summed E-state index contributed by atoms with van der Waals surface area (Å²) in [7, 11) is -3.50. The second-order valence-electron chi connectivity index (χ2n) is 7.38. The van der Waals surface area contributed by atoms with Gasteiger partial charge < -0.3 is 10.1 Å². The monoisotopic (exact) mass is 450 g/mol. The Morgan fingerprint density at radius 2 is 1.62 bits per heavy atom. The number of rotatable bonds is 9. The number of amides is 1. The van der Waals surface area contributed by atoms with Gasteiger partial charge >= 0.3 is 0 Å². The summed E-state index contributed by atoms with van der Waals surface area (Å²) >= 11 is 0. The maximum Gasteiger partial charge on any atom is 0.255 e. The van der Waals surface area contributed by atoms with Gasteiger partial charge in [-0.1, -0.05) is 42.5 Å². The van der Waals surface area contributed by atoms with E-state index in [-0.39, 0.29) is 12.5 Å². The number of nitrogens with one attached hydrogen (secondary N) is 1. The maximum atomic E-state index is 12.6. The molecule has 1 amide bonds. The van der Waals surface area contributed by atoms with Gasteiger partial charge in [0.2, 0.25) is 10.0 Å². The van der Waals surface area contributed by atoms with E-state index in [2.05, 4.69) is 11.9 Å². The van der Waals surface area contributed by atoms with Gasteiger partial charge in [-0.2, -0.15) is 0 Å². The van der Waals surface area contributed by atoms with Crippen molar-refractivity contribution >= 4 is 27.3 Å². The average molecular weight is 451 g/mol. The lowest BCUT2D eigenvalue weighted by atomic mass is 10.1. The molecule has 3 aromatic carbocycles. The molecule has 0 bridgehead atoms. The number of carbonyl (C=O) groups excluding carboxylic acids is 1. The first kappa shape index (κ1) is 23.1. The van der Waals surface area contributed by atoms with Gasteiger partial charge in [0, 0.05) is 11.3 Å². The molecule has 1 N–H and O–H groups in total. The predicted molar refractivity (Wildman–Crippen MR) is 129 cm³/mol. The van der Waals surface area contributed by atoms with Crippen molar-refractivity contribution in [2.45, 2.75) is 13.5 Å². The first-order valence-electron chi connectivity index (χ1n) is 10.0. The Kier molecular flexibility index (Phi) is 7.33. The van der Waals surface area contributed by atoms with Crippen molar-refractivity contribution in [3.63, 3.8) is 0 Å². The third-order valence-electron chi connectivity index (χ3n) is 4.74. The molecule has 3 aromatic rings. The van der Waals surface area contributed by atoms with Crippen molar-refractivity contribution < 1.29 is 17.9 Å². The van der Waals surface area contributed by atoms with Crippen molar-refractivity contribution in [3.8, 4) is 5.75 Å². The summed E-state index contributed by atoms with van der Waals surface area (Å²) in [6, 6.07) is 21.2. The van der Waals surface area contributed by atoms with Crippen LogP contribution in [-0.4, -0.2) is 27.2 Å². The lowest BCUT2D eigenvalue weighted by Crippen LogP contribution is -2.29. The minimum Gasteiger partial charge on any atom is -0.490 e. The van der Waals surface area contributed by atoms with Crippen LogP contribution in [0.3, 0.4) is 0 Å². The summed E-state index contributed by atoms with van der Waals surface area (Å²) in [5.74, 6) is 0.391. The van der Waals surface area contributed by atoms with E-state index in [0.29, 0.717) is 29.3 Å². The zero-order valence-corrected chi connectivity index (χ0v) is 18.9. The normalized spacial score (nSPS) is 10.9. The molecular formula is C25H26N2O4S. The Morgan fingerprint density at radius 3 is 2.19 bits per heavy atom. The summed E-state index contributed by atoms with van der Waals surface area (Å²) in [4.78, 5) is 12.6. The molecule has 32 heavy (non-hydrogen) atoms. The maximum absolute atomic E-state index is 12.6. The van der Waals surface area contributed by atoms with Gasteiger partial charge in [-0.25, -0.2) is 8.42 Å². The molecule has 0 saturated carbocycles. The van der Waals surface area contributed by atoms with Crippen LogP contribution in [0.15, 0.2) is 85.5 Å². The highest BCUT2D eigenvalue weighted by molar-refractivity contribution is 7.92. The third-order valence-corrected chi connectivity index (χ3v) is 5.89. The SMILES string of the molecule is C=CCOc1ccc(NC(=O)c2ccc(N(Cc3ccc(C)cc3)S(C)(=O)=O)cc2)cc1. The summed E-state index contributed by atoms with van der Waals surface area (Å²) < 4.78 is 31.5. The van der Waals surface area contributed by atoms with Crippen LogP contribution in [-0.2, 0) is 16.6 Å². The molecular weight excluding hydrogens is 424 g/mol. The second kappa shape index (κ2) is 10.2. The molecule has 0 saturated heterocycles. The molecule has 166 valence electrons. The predicted octanol–water partition coefficient (Wildman–Crippen LogP) is 4.78. The Bertz CT molecular complexity index is 1170. The van der Waals surface area contributed by atoms with Crippen LogP contribution in [0.1, 0.15) is 21.5 Å². The van der Waals surface area contributed by atoms with E-state index < -0.39 is 10.0 Å². The zero-order valence-electron chi connectivity index (χ0n) is 18.1. The average Bonchev–Trinajstić information content (AvgIpc) is 2.77. The van der Waals surface area contributed by atoms with E-state index in [1.165, 1.54) is 10.6 Å². The molecule has 0 aliphatic rings. The van der Waals surface area contributed by atoms with E-state index in [1.807, 2.05) is 31.2 Å². The number of anilines is 2. The number of hydrogen-bond acceptors (Lipinski definition) is 4. The minimum absolute atomic E-state index is 0.213. The van der Waals surface area contributed by atoms with E-state index in [1.54, 1.807) is 54.6 Å². The van der Waals surface area contributed by atoms with Crippen LogP contribution in [0.4, 0.5) is 11.4 Å². The van der Waals surface area contributed by atoms with Crippen LogP contribution < -0.4 is 14.4 Å². The largest absolute Gasteiger partial charge is 0.490 e. The molecule has 0 spiro atoms. The molecule has 6 nitrogen and oxygen atoms in total. The number of sulfonamides is 1. The molecule has 0 unspecified atom stereocenters. The molecule has 0 heterocycles. The van der Waals surface area contributed by atoms with Gasteiger partial charge in [0.25, 0.3) is 5.91 Å². The van der Waals surface area contributed by atoms with Gasteiger partial charge in [-0.05, 0) is 61.0 Å². The summed E-state index contributed by atoms with van der Waals surface area (Å²) in [6.45, 7) is 6.20. The number of nitrogens with zero attached hydrogens (tertiary/aromatic N) is 1. The van der Waals surface area contributed by atoms with Crippen molar-refractivity contribution in [1.82, 2.24) is 0 Å². The first-order chi connectivity index (χ1) is 15.3. The molecule has 3 rings (SSSR count). The van der Waals surface area contributed by atoms with Crippen LogP contribution in [0.25, 0.3) is 0 Å². The number of carbonyl (C=O) groups is 1.